The van der Waals surface area contributed by atoms with Gasteiger partial charge in [0, 0.05) is 21.7 Å². The predicted octanol–water partition coefficient (Wildman–Crippen LogP) is 6.00. The summed E-state index contributed by atoms with van der Waals surface area (Å²) in [7, 11) is 0. The monoisotopic (exact) mass is 351 g/mol. The number of hydrogen-bond donors (Lipinski definition) is 0. The summed E-state index contributed by atoms with van der Waals surface area (Å²) in [5.74, 6) is 0. The van der Waals surface area contributed by atoms with Crippen LogP contribution in [0.5, 0.6) is 0 Å². The second-order valence-electron chi connectivity index (χ2n) is 4.95. The summed E-state index contributed by atoms with van der Waals surface area (Å²) < 4.78 is 1.16. The molecule has 0 aliphatic carbocycles. The molecule has 1 nitrogen and oxygen atoms in total. The van der Waals surface area contributed by atoms with Gasteiger partial charge < -0.3 is 4.90 Å². The quantitative estimate of drug-likeness (QED) is 0.652. The number of anilines is 1. The smallest absolute Gasteiger partial charge is 0.0514 e. The number of benzene rings is 2. The Balaban J connectivity index is 2.30. The van der Waals surface area contributed by atoms with Crippen molar-refractivity contribution < 1.29 is 0 Å². The molecule has 2 rings (SSSR count). The summed E-state index contributed by atoms with van der Waals surface area (Å²) in [6, 6.07) is 14.9. The van der Waals surface area contributed by atoms with Gasteiger partial charge in [-0.1, -0.05) is 39.7 Å². The molecule has 0 aliphatic rings. The summed E-state index contributed by atoms with van der Waals surface area (Å²) in [6.07, 6.45) is 0. The van der Waals surface area contributed by atoms with Gasteiger partial charge >= 0.3 is 0 Å². The molecule has 3 heteroatoms. The maximum absolute atomic E-state index is 5.97. The lowest BCUT2D eigenvalue weighted by Crippen LogP contribution is -2.26. The molecule has 106 valence electrons. The first-order chi connectivity index (χ1) is 9.52. The SMILES string of the molecule is CCN(c1ccc(Cl)cc1)C(C)c1ccc(C)c(Br)c1. The van der Waals surface area contributed by atoms with Gasteiger partial charge in [0.15, 0.2) is 0 Å². The zero-order valence-electron chi connectivity index (χ0n) is 12.0. The van der Waals surface area contributed by atoms with E-state index in [1.165, 1.54) is 16.8 Å². The Morgan fingerprint density at radius 3 is 2.35 bits per heavy atom. The summed E-state index contributed by atoms with van der Waals surface area (Å²) in [4.78, 5) is 2.37. The van der Waals surface area contributed by atoms with Gasteiger partial charge in [0.05, 0.1) is 6.04 Å². The molecule has 0 spiro atoms. The topological polar surface area (TPSA) is 3.24 Å². The van der Waals surface area contributed by atoms with Crippen LogP contribution in [0.1, 0.15) is 31.0 Å². The van der Waals surface area contributed by atoms with Crippen LogP contribution >= 0.6 is 27.5 Å². The van der Waals surface area contributed by atoms with Crippen LogP contribution in [0.3, 0.4) is 0 Å². The highest BCUT2D eigenvalue weighted by Crippen LogP contribution is 2.30. The summed E-state index contributed by atoms with van der Waals surface area (Å²) >= 11 is 9.58. The zero-order valence-corrected chi connectivity index (χ0v) is 14.4. The Morgan fingerprint density at radius 2 is 1.80 bits per heavy atom. The average Bonchev–Trinajstić information content (AvgIpc) is 2.44. The van der Waals surface area contributed by atoms with E-state index < -0.39 is 0 Å². The van der Waals surface area contributed by atoms with Crippen molar-refractivity contribution in [1.82, 2.24) is 0 Å². The van der Waals surface area contributed by atoms with Crippen LogP contribution in [0.15, 0.2) is 46.9 Å². The lowest BCUT2D eigenvalue weighted by molar-refractivity contribution is 0.689. The van der Waals surface area contributed by atoms with Crippen molar-refractivity contribution in [3.8, 4) is 0 Å². The van der Waals surface area contributed by atoms with Crippen molar-refractivity contribution in [2.24, 2.45) is 0 Å². The third kappa shape index (κ3) is 3.36. The molecule has 1 unspecified atom stereocenters. The molecule has 0 aliphatic heterocycles. The lowest BCUT2D eigenvalue weighted by atomic mass is 10.0. The molecule has 2 aromatic rings. The maximum Gasteiger partial charge on any atom is 0.0514 e. The van der Waals surface area contributed by atoms with Crippen LogP contribution in [0.25, 0.3) is 0 Å². The van der Waals surface area contributed by atoms with Crippen LogP contribution in [0, 0.1) is 6.92 Å². The molecule has 0 saturated heterocycles. The van der Waals surface area contributed by atoms with Gasteiger partial charge in [-0.3, -0.25) is 0 Å². The zero-order chi connectivity index (χ0) is 14.7. The predicted molar refractivity (Wildman–Crippen MR) is 91.8 cm³/mol. The van der Waals surface area contributed by atoms with Crippen LogP contribution in [0.2, 0.25) is 5.02 Å². The van der Waals surface area contributed by atoms with Crippen molar-refractivity contribution in [1.29, 1.82) is 0 Å². The Bertz CT molecular complexity index is 580. The van der Waals surface area contributed by atoms with Crippen molar-refractivity contribution >= 4 is 33.2 Å². The number of hydrogen-bond acceptors (Lipinski definition) is 1. The fraction of sp³-hybridized carbons (Fsp3) is 0.294. The van der Waals surface area contributed by atoms with Gasteiger partial charge in [-0.15, -0.1) is 0 Å². The van der Waals surface area contributed by atoms with Crippen LogP contribution in [0.4, 0.5) is 5.69 Å². The average molecular weight is 353 g/mol. The van der Waals surface area contributed by atoms with Crippen molar-refractivity contribution in [3.63, 3.8) is 0 Å². The van der Waals surface area contributed by atoms with Gasteiger partial charge in [0.1, 0.15) is 0 Å². The minimum absolute atomic E-state index is 0.318. The first kappa shape index (κ1) is 15.4. The van der Waals surface area contributed by atoms with E-state index >= 15 is 0 Å². The van der Waals surface area contributed by atoms with Gasteiger partial charge in [-0.2, -0.15) is 0 Å². The van der Waals surface area contributed by atoms with E-state index in [1.807, 2.05) is 12.1 Å². The highest BCUT2D eigenvalue weighted by Gasteiger charge is 2.15. The molecule has 0 radical (unpaired) electrons. The second-order valence-corrected chi connectivity index (χ2v) is 6.24. The van der Waals surface area contributed by atoms with Crippen LogP contribution in [-0.4, -0.2) is 6.54 Å². The van der Waals surface area contributed by atoms with Gasteiger partial charge in [-0.25, -0.2) is 0 Å². The fourth-order valence-corrected chi connectivity index (χ4v) is 2.88. The van der Waals surface area contributed by atoms with Gasteiger partial charge in [0.2, 0.25) is 0 Å². The summed E-state index contributed by atoms with van der Waals surface area (Å²) in [5, 5.41) is 0.774. The standard InChI is InChI=1S/C17H19BrClN/c1-4-20(16-9-7-15(19)8-10-16)13(3)14-6-5-12(2)17(18)11-14/h5-11,13H,4H2,1-3H3. The van der Waals surface area contributed by atoms with Crippen LogP contribution in [-0.2, 0) is 0 Å². The molecule has 0 aromatic heterocycles. The second kappa shape index (κ2) is 6.64. The first-order valence-corrected chi connectivity index (χ1v) is 7.98. The van der Waals surface area contributed by atoms with Crippen molar-refractivity contribution in [2.75, 3.05) is 11.4 Å². The van der Waals surface area contributed by atoms with Gasteiger partial charge in [0.25, 0.3) is 0 Å². The van der Waals surface area contributed by atoms with E-state index in [-0.39, 0.29) is 0 Å². The maximum atomic E-state index is 5.97. The Hall–Kier alpha value is -0.990. The summed E-state index contributed by atoms with van der Waals surface area (Å²) in [5.41, 5.74) is 3.76. The number of halogens is 2. The Morgan fingerprint density at radius 1 is 1.15 bits per heavy atom. The molecule has 1 atom stereocenters. The minimum atomic E-state index is 0.318. The van der Waals surface area contributed by atoms with E-state index in [2.05, 4.69) is 71.9 Å². The molecular weight excluding hydrogens is 334 g/mol. The molecular formula is C17H19BrClN. The molecule has 0 heterocycles. The first-order valence-electron chi connectivity index (χ1n) is 6.81. The molecule has 0 bridgehead atoms. The van der Waals surface area contributed by atoms with Gasteiger partial charge in [-0.05, 0) is 62.2 Å². The van der Waals surface area contributed by atoms with Crippen LogP contribution < -0.4 is 4.90 Å². The normalized spacial score (nSPS) is 12.2. The van der Waals surface area contributed by atoms with E-state index in [1.54, 1.807) is 0 Å². The van der Waals surface area contributed by atoms with E-state index in [4.69, 9.17) is 11.6 Å². The third-order valence-corrected chi connectivity index (χ3v) is 4.75. The van der Waals surface area contributed by atoms with Crippen molar-refractivity contribution in [2.45, 2.75) is 26.8 Å². The van der Waals surface area contributed by atoms with E-state index in [0.717, 1.165) is 16.0 Å². The van der Waals surface area contributed by atoms with E-state index in [0.29, 0.717) is 6.04 Å². The minimum Gasteiger partial charge on any atom is -0.365 e. The molecule has 2 aromatic carbocycles. The Kier molecular flexibility index (Phi) is 5.11. The number of nitrogens with zero attached hydrogens (tertiary/aromatic N) is 1. The molecule has 0 N–H and O–H groups in total. The third-order valence-electron chi connectivity index (χ3n) is 3.64. The molecule has 20 heavy (non-hydrogen) atoms. The van der Waals surface area contributed by atoms with Crippen molar-refractivity contribution in [3.05, 3.63) is 63.1 Å². The number of aryl methyl sites for hydroxylation is 1. The largest absolute Gasteiger partial charge is 0.365 e. The molecule has 0 fully saturated rings. The highest BCUT2D eigenvalue weighted by molar-refractivity contribution is 9.10. The summed E-state index contributed by atoms with van der Waals surface area (Å²) in [6.45, 7) is 7.47. The fourth-order valence-electron chi connectivity index (χ4n) is 2.36. The Labute approximate surface area is 134 Å². The molecule has 0 amide bonds. The lowest BCUT2D eigenvalue weighted by Gasteiger charge is -2.31. The number of rotatable bonds is 4. The molecule has 0 saturated carbocycles. The highest BCUT2D eigenvalue weighted by atomic mass is 79.9. The van der Waals surface area contributed by atoms with E-state index in [9.17, 15) is 0 Å².